The third-order valence-electron chi connectivity index (χ3n) is 3.25. The third kappa shape index (κ3) is 1.60. The van der Waals surface area contributed by atoms with Gasteiger partial charge in [0, 0.05) is 0 Å². The van der Waals surface area contributed by atoms with Crippen molar-refractivity contribution in [2.45, 2.75) is 6.92 Å². The zero-order chi connectivity index (χ0) is 11.8. The molecule has 88 valence electrons. The summed E-state index contributed by atoms with van der Waals surface area (Å²) in [5, 5.41) is 0. The molecule has 0 atom stereocenters. The Labute approximate surface area is 96.8 Å². The maximum absolute atomic E-state index is 11.0. The molecule has 0 aliphatic carbocycles. The summed E-state index contributed by atoms with van der Waals surface area (Å²) >= 11 is 0. The van der Waals surface area contributed by atoms with Crippen LogP contribution in [-0.2, 0) is 14.1 Å². The molecule has 0 saturated carbocycles. The van der Waals surface area contributed by atoms with Crippen molar-refractivity contribution in [1.82, 2.24) is 9.13 Å². The maximum atomic E-state index is 11.0. The molecule has 0 spiro atoms. The Balaban J connectivity index is 2.57. The van der Waals surface area contributed by atoms with Crippen LogP contribution < -0.4 is 10.9 Å². The molecule has 0 amide bonds. The van der Waals surface area contributed by atoms with Crippen LogP contribution in [0, 0.1) is 0 Å². The van der Waals surface area contributed by atoms with Crippen molar-refractivity contribution in [3.05, 3.63) is 36.7 Å². The summed E-state index contributed by atoms with van der Waals surface area (Å²) in [4.78, 5) is 11.0. The molecule has 0 radical (unpaired) electrons. The van der Waals surface area contributed by atoms with Crippen LogP contribution in [0.2, 0.25) is 0 Å². The number of hydrogen-bond acceptors (Lipinski definition) is 1. The van der Waals surface area contributed by atoms with E-state index in [1.165, 1.54) is 0 Å². The second-order valence-electron chi connectivity index (χ2n) is 4.22. The van der Waals surface area contributed by atoms with E-state index in [-0.39, 0.29) is 0 Å². The van der Waals surface area contributed by atoms with Gasteiger partial charge in [-0.15, -0.1) is 0 Å². The van der Waals surface area contributed by atoms with Crippen LogP contribution in [0.15, 0.2) is 36.7 Å². The van der Waals surface area contributed by atoms with E-state index in [0.717, 1.165) is 17.0 Å². The fourth-order valence-electron chi connectivity index (χ4n) is 2.27. The Kier molecular flexibility index (Phi) is 2.92. The Morgan fingerprint density at radius 1 is 1.06 bits per heavy atom. The summed E-state index contributed by atoms with van der Waals surface area (Å²) in [6, 6.07) is 8.04. The Bertz CT molecular complexity index is 446. The van der Waals surface area contributed by atoms with E-state index in [4.69, 9.17) is 0 Å². The number of aryl methyl sites for hydroxylation is 2. The van der Waals surface area contributed by atoms with E-state index >= 15 is 0 Å². The average molecular weight is 238 g/mol. The minimum absolute atomic E-state index is 0.794. The molecule has 0 bridgehead atoms. The molecular weight excluding hydrogens is 219 g/mol. The van der Waals surface area contributed by atoms with Gasteiger partial charge in [-0.3, -0.25) is 0 Å². The fraction of sp³-hybridized carbons (Fsp3) is 0.333. The molecule has 4 heteroatoms. The van der Waals surface area contributed by atoms with Gasteiger partial charge in [0.2, 0.25) is 0 Å². The molecule has 16 heavy (non-hydrogen) atoms. The van der Waals surface area contributed by atoms with Crippen LogP contribution in [0.4, 0.5) is 0 Å². The van der Waals surface area contributed by atoms with Crippen molar-refractivity contribution < 1.29 is 4.89 Å². The SMILES string of the molecule is CC[PH](O)(c1cccn1C)c1cccn1C. The van der Waals surface area contributed by atoms with Gasteiger partial charge in [0.1, 0.15) is 0 Å². The monoisotopic (exact) mass is 238 g/mol. The van der Waals surface area contributed by atoms with Crippen LogP contribution in [0.25, 0.3) is 0 Å². The van der Waals surface area contributed by atoms with Gasteiger partial charge in [-0.25, -0.2) is 0 Å². The van der Waals surface area contributed by atoms with Crippen LogP contribution >= 0.6 is 7.49 Å². The fourth-order valence-corrected chi connectivity index (χ4v) is 5.32. The third-order valence-corrected chi connectivity index (χ3v) is 7.00. The molecular formula is C12H19N2OP. The second-order valence-corrected chi connectivity index (χ2v) is 7.67. The Morgan fingerprint density at radius 3 is 1.75 bits per heavy atom. The molecule has 1 N–H and O–H groups in total. The van der Waals surface area contributed by atoms with Gasteiger partial charge in [0.25, 0.3) is 0 Å². The molecule has 0 unspecified atom stereocenters. The van der Waals surface area contributed by atoms with Gasteiger partial charge in [-0.1, -0.05) is 0 Å². The predicted molar refractivity (Wildman–Crippen MR) is 71.2 cm³/mol. The normalized spacial score (nSPS) is 13.0. The summed E-state index contributed by atoms with van der Waals surface area (Å²) in [6.07, 6.45) is 4.78. The second kappa shape index (κ2) is 4.08. The number of aromatic nitrogens is 2. The summed E-state index contributed by atoms with van der Waals surface area (Å²) < 4.78 is 4.06. The molecule has 0 aromatic carbocycles. The van der Waals surface area contributed by atoms with Gasteiger partial charge < -0.3 is 0 Å². The molecule has 0 aliphatic rings. The minimum atomic E-state index is -2.53. The van der Waals surface area contributed by atoms with E-state index in [0.29, 0.717) is 0 Å². The van der Waals surface area contributed by atoms with Crippen molar-refractivity contribution in [2.24, 2.45) is 14.1 Å². The van der Waals surface area contributed by atoms with Crippen molar-refractivity contribution in [3.63, 3.8) is 0 Å². The van der Waals surface area contributed by atoms with E-state index in [1.54, 1.807) is 0 Å². The Hall–Kier alpha value is -1.05. The molecule has 2 aromatic rings. The van der Waals surface area contributed by atoms with Crippen LogP contribution in [0.5, 0.6) is 0 Å². The molecule has 0 aliphatic heterocycles. The number of rotatable bonds is 3. The average Bonchev–Trinajstić information content (AvgIpc) is 2.86. The van der Waals surface area contributed by atoms with E-state index in [9.17, 15) is 4.89 Å². The van der Waals surface area contributed by atoms with E-state index < -0.39 is 7.49 Å². The standard InChI is InChI=1S/C12H19N2OP/c1-4-16(15,11-7-5-9-13(11)2)12-8-6-10-14(12)3/h5-10,15-16H,4H2,1-3H3. The van der Waals surface area contributed by atoms with Crippen LogP contribution in [-0.4, -0.2) is 20.2 Å². The van der Waals surface area contributed by atoms with Gasteiger partial charge in [-0.05, 0) is 0 Å². The van der Waals surface area contributed by atoms with Gasteiger partial charge in [0.05, 0.1) is 0 Å². The first-order valence-corrected chi connectivity index (χ1v) is 7.71. The zero-order valence-corrected chi connectivity index (χ0v) is 11.0. The zero-order valence-electron chi connectivity index (χ0n) is 10.0. The first-order valence-electron chi connectivity index (χ1n) is 5.55. The Morgan fingerprint density at radius 2 is 1.50 bits per heavy atom. The molecule has 2 aromatic heterocycles. The summed E-state index contributed by atoms with van der Waals surface area (Å²) in [5.41, 5.74) is 2.13. The molecule has 0 saturated heterocycles. The first-order chi connectivity index (χ1) is 7.59. The summed E-state index contributed by atoms with van der Waals surface area (Å²) in [5.74, 6) is 0. The predicted octanol–water partition coefficient (Wildman–Crippen LogP) is 0.991. The van der Waals surface area contributed by atoms with Crippen LogP contribution in [0.3, 0.4) is 0 Å². The summed E-state index contributed by atoms with van der Waals surface area (Å²) in [6.45, 7) is 2.06. The van der Waals surface area contributed by atoms with E-state index in [2.05, 4.69) is 6.92 Å². The molecule has 2 rings (SSSR count). The number of hydrogen-bond donors (Lipinski definition) is 1. The van der Waals surface area contributed by atoms with Crippen molar-refractivity contribution in [3.8, 4) is 0 Å². The van der Waals surface area contributed by atoms with E-state index in [1.807, 2.05) is 59.9 Å². The van der Waals surface area contributed by atoms with Gasteiger partial charge >= 0.3 is 96.2 Å². The van der Waals surface area contributed by atoms with Crippen molar-refractivity contribution >= 4 is 18.4 Å². The number of nitrogens with zero attached hydrogens (tertiary/aromatic N) is 2. The topological polar surface area (TPSA) is 30.1 Å². The molecule has 2 heterocycles. The van der Waals surface area contributed by atoms with Gasteiger partial charge in [0.15, 0.2) is 0 Å². The molecule has 0 fully saturated rings. The van der Waals surface area contributed by atoms with Crippen molar-refractivity contribution in [2.75, 3.05) is 6.16 Å². The first kappa shape index (κ1) is 11.4. The summed E-state index contributed by atoms with van der Waals surface area (Å²) in [7, 11) is 1.45. The molecule has 3 nitrogen and oxygen atoms in total. The van der Waals surface area contributed by atoms with Crippen LogP contribution in [0.1, 0.15) is 6.92 Å². The van der Waals surface area contributed by atoms with Crippen molar-refractivity contribution in [1.29, 1.82) is 0 Å². The van der Waals surface area contributed by atoms with Gasteiger partial charge in [-0.2, -0.15) is 0 Å². The quantitative estimate of drug-likeness (QED) is 0.794.